The zero-order valence-electron chi connectivity index (χ0n) is 17.5. The first-order valence-corrected chi connectivity index (χ1v) is 10.5. The highest BCUT2D eigenvalue weighted by atomic mass is 14.0. The lowest BCUT2D eigenvalue weighted by Crippen LogP contribution is -1.84. The number of unbranched alkanes of at least 4 members (excludes halogenated alkanes) is 1. The molecule has 0 fully saturated rings. The molecule has 3 rings (SSSR count). The average Bonchev–Trinajstić information content (AvgIpc) is 2.77. The molecular formula is C29H28. The molecule has 0 aliphatic carbocycles. The standard InChI is InChI=1S/C29H28/c1-3-5-6-7-9-25-10-12-26(13-11-25)14-15-27-18-22-29(23-19-27)28-20-16-24(8-4-2)17-21-28/h10-13,16-23H,3-5,8-9H2,1-2H3. The Balaban J connectivity index is 1.63. The third-order valence-corrected chi connectivity index (χ3v) is 4.81. The third-order valence-electron chi connectivity index (χ3n) is 4.81. The van der Waals surface area contributed by atoms with Gasteiger partial charge in [0.2, 0.25) is 0 Å². The maximum absolute atomic E-state index is 3.27. The van der Waals surface area contributed by atoms with Crippen LogP contribution in [0.2, 0.25) is 0 Å². The largest absolute Gasteiger partial charge is 0.103 e. The maximum atomic E-state index is 3.27. The van der Waals surface area contributed by atoms with E-state index in [2.05, 4.69) is 110 Å². The summed E-state index contributed by atoms with van der Waals surface area (Å²) < 4.78 is 0. The average molecular weight is 377 g/mol. The fourth-order valence-electron chi connectivity index (χ4n) is 3.13. The molecule has 0 saturated heterocycles. The molecular weight excluding hydrogens is 348 g/mol. The quantitative estimate of drug-likeness (QED) is 0.418. The molecule has 29 heavy (non-hydrogen) atoms. The van der Waals surface area contributed by atoms with Gasteiger partial charge in [-0.1, -0.05) is 86.6 Å². The van der Waals surface area contributed by atoms with Crippen LogP contribution in [-0.4, -0.2) is 0 Å². The van der Waals surface area contributed by atoms with Crippen LogP contribution in [0, 0.1) is 23.7 Å². The van der Waals surface area contributed by atoms with Crippen molar-refractivity contribution in [3.63, 3.8) is 0 Å². The Hall–Kier alpha value is -3.22. The van der Waals surface area contributed by atoms with Crippen molar-refractivity contribution in [3.05, 3.63) is 95.1 Å². The maximum Gasteiger partial charge on any atom is 0.0340 e. The molecule has 0 saturated carbocycles. The zero-order valence-corrected chi connectivity index (χ0v) is 17.5. The number of benzene rings is 3. The molecule has 0 unspecified atom stereocenters. The molecule has 0 heterocycles. The van der Waals surface area contributed by atoms with E-state index in [4.69, 9.17) is 0 Å². The minimum absolute atomic E-state index is 0.814. The van der Waals surface area contributed by atoms with Gasteiger partial charge >= 0.3 is 0 Å². The summed E-state index contributed by atoms with van der Waals surface area (Å²) in [5, 5.41) is 0. The minimum atomic E-state index is 0.814. The molecule has 0 radical (unpaired) electrons. The molecule has 0 bridgehead atoms. The van der Waals surface area contributed by atoms with E-state index >= 15 is 0 Å². The summed E-state index contributed by atoms with van der Waals surface area (Å²) in [6.07, 6.45) is 5.24. The van der Waals surface area contributed by atoms with E-state index < -0.39 is 0 Å². The van der Waals surface area contributed by atoms with Gasteiger partial charge in [0.05, 0.1) is 0 Å². The monoisotopic (exact) mass is 376 g/mol. The Labute approximate surface area is 176 Å². The lowest BCUT2D eigenvalue weighted by atomic mass is 10.0. The zero-order chi connectivity index (χ0) is 20.3. The molecule has 0 aliphatic heterocycles. The lowest BCUT2D eigenvalue weighted by molar-refractivity contribution is 0.922. The van der Waals surface area contributed by atoms with Crippen molar-refractivity contribution in [2.24, 2.45) is 0 Å². The van der Waals surface area contributed by atoms with Gasteiger partial charge in [0.25, 0.3) is 0 Å². The highest BCUT2D eigenvalue weighted by molar-refractivity contribution is 5.64. The molecule has 3 aromatic rings. The van der Waals surface area contributed by atoms with Crippen LogP contribution in [0.5, 0.6) is 0 Å². The number of rotatable bonds is 5. The summed E-state index contributed by atoms with van der Waals surface area (Å²) in [5.41, 5.74) is 7.19. The second kappa shape index (κ2) is 10.9. The van der Waals surface area contributed by atoms with E-state index in [1.807, 2.05) is 0 Å². The topological polar surface area (TPSA) is 0 Å². The van der Waals surface area contributed by atoms with Crippen molar-refractivity contribution < 1.29 is 0 Å². The summed E-state index contributed by atoms with van der Waals surface area (Å²) >= 11 is 0. The predicted molar refractivity (Wildman–Crippen MR) is 125 cm³/mol. The van der Waals surface area contributed by atoms with Crippen molar-refractivity contribution in [3.8, 4) is 34.8 Å². The van der Waals surface area contributed by atoms with Crippen LogP contribution in [-0.2, 0) is 12.8 Å². The van der Waals surface area contributed by atoms with E-state index in [9.17, 15) is 0 Å². The fourth-order valence-corrected chi connectivity index (χ4v) is 3.13. The van der Waals surface area contributed by atoms with Crippen LogP contribution >= 0.6 is 0 Å². The SMILES string of the molecule is CCCC#CCc1ccc(C#Cc2ccc(-c3ccc(CCC)cc3)cc2)cc1. The Bertz CT molecular complexity index is 1010. The Kier molecular flexibility index (Phi) is 7.74. The second-order valence-corrected chi connectivity index (χ2v) is 7.25. The second-order valence-electron chi connectivity index (χ2n) is 7.25. The normalized spacial score (nSPS) is 9.86. The first-order chi connectivity index (χ1) is 14.3. The fraction of sp³-hybridized carbons (Fsp3) is 0.241. The van der Waals surface area contributed by atoms with Gasteiger partial charge in [-0.15, -0.1) is 5.92 Å². The molecule has 0 atom stereocenters. The van der Waals surface area contributed by atoms with E-state index in [1.54, 1.807) is 0 Å². The van der Waals surface area contributed by atoms with Gasteiger partial charge in [0.1, 0.15) is 0 Å². The summed E-state index contributed by atoms with van der Waals surface area (Å²) in [5.74, 6) is 12.9. The van der Waals surface area contributed by atoms with Crippen molar-refractivity contribution >= 4 is 0 Å². The van der Waals surface area contributed by atoms with Crippen molar-refractivity contribution in [1.82, 2.24) is 0 Å². The molecule has 0 heteroatoms. The Morgan fingerprint density at radius 2 is 1.07 bits per heavy atom. The lowest BCUT2D eigenvalue weighted by Gasteiger charge is -2.04. The number of aryl methyl sites for hydroxylation is 1. The first kappa shape index (κ1) is 20.5. The smallest absolute Gasteiger partial charge is 0.0340 e. The van der Waals surface area contributed by atoms with Gasteiger partial charge in [-0.2, -0.15) is 0 Å². The van der Waals surface area contributed by atoms with Crippen LogP contribution in [0.1, 0.15) is 55.4 Å². The summed E-state index contributed by atoms with van der Waals surface area (Å²) in [6, 6.07) is 25.8. The van der Waals surface area contributed by atoms with E-state index in [0.717, 1.165) is 36.8 Å². The highest BCUT2D eigenvalue weighted by Gasteiger charge is 1.98. The van der Waals surface area contributed by atoms with Crippen LogP contribution in [0.3, 0.4) is 0 Å². The van der Waals surface area contributed by atoms with Gasteiger partial charge in [-0.3, -0.25) is 0 Å². The van der Waals surface area contributed by atoms with Crippen LogP contribution in [0.4, 0.5) is 0 Å². The van der Waals surface area contributed by atoms with Gasteiger partial charge in [-0.25, -0.2) is 0 Å². The molecule has 3 aromatic carbocycles. The molecule has 144 valence electrons. The van der Waals surface area contributed by atoms with Crippen molar-refractivity contribution in [2.45, 2.75) is 46.0 Å². The molecule has 0 aromatic heterocycles. The van der Waals surface area contributed by atoms with Gasteiger partial charge < -0.3 is 0 Å². The minimum Gasteiger partial charge on any atom is -0.103 e. The summed E-state index contributed by atoms with van der Waals surface area (Å²) in [4.78, 5) is 0. The third kappa shape index (κ3) is 6.41. The van der Waals surface area contributed by atoms with Gasteiger partial charge in [0.15, 0.2) is 0 Å². The summed E-state index contributed by atoms with van der Waals surface area (Å²) in [6.45, 7) is 4.37. The summed E-state index contributed by atoms with van der Waals surface area (Å²) in [7, 11) is 0. The van der Waals surface area contributed by atoms with E-state index in [0.29, 0.717) is 0 Å². The van der Waals surface area contributed by atoms with Crippen molar-refractivity contribution in [1.29, 1.82) is 0 Å². The number of hydrogen-bond donors (Lipinski definition) is 0. The molecule has 0 spiro atoms. The Morgan fingerprint density at radius 3 is 1.62 bits per heavy atom. The molecule has 0 nitrogen and oxygen atoms in total. The van der Waals surface area contributed by atoms with Crippen molar-refractivity contribution in [2.75, 3.05) is 0 Å². The van der Waals surface area contributed by atoms with Gasteiger partial charge in [0, 0.05) is 24.0 Å². The van der Waals surface area contributed by atoms with E-state index in [-0.39, 0.29) is 0 Å². The van der Waals surface area contributed by atoms with Crippen LogP contribution in [0.15, 0.2) is 72.8 Å². The van der Waals surface area contributed by atoms with E-state index in [1.165, 1.54) is 28.7 Å². The predicted octanol–water partition coefficient (Wildman–Crippen LogP) is 7.05. The Morgan fingerprint density at radius 1 is 0.552 bits per heavy atom. The molecule has 0 N–H and O–H groups in total. The highest BCUT2D eigenvalue weighted by Crippen LogP contribution is 2.20. The number of hydrogen-bond acceptors (Lipinski definition) is 0. The first-order valence-electron chi connectivity index (χ1n) is 10.5. The van der Waals surface area contributed by atoms with Crippen LogP contribution in [0.25, 0.3) is 11.1 Å². The van der Waals surface area contributed by atoms with Gasteiger partial charge in [-0.05, 0) is 59.4 Å². The van der Waals surface area contributed by atoms with Crippen LogP contribution < -0.4 is 0 Å². The molecule has 0 aliphatic rings. The molecule has 0 amide bonds.